The predicted molar refractivity (Wildman–Crippen MR) is 73.0 cm³/mol. The Morgan fingerprint density at radius 2 is 2.33 bits per heavy atom. The van der Waals surface area contributed by atoms with E-state index in [9.17, 15) is 20.0 Å². The van der Waals surface area contributed by atoms with Crippen LogP contribution in [-0.2, 0) is 4.79 Å². The number of aromatic nitrogens is 2. The van der Waals surface area contributed by atoms with Crippen molar-refractivity contribution in [3.8, 4) is 0 Å². The molecule has 1 atom stereocenters. The molecule has 0 saturated carbocycles. The van der Waals surface area contributed by atoms with Gasteiger partial charge < -0.3 is 14.9 Å². The number of carboxylic acid groups (broad SMARTS) is 1. The Hall–Kier alpha value is -2.71. The van der Waals surface area contributed by atoms with Crippen molar-refractivity contribution in [1.82, 2.24) is 10.4 Å². The Bertz CT molecular complexity index is 669. The summed E-state index contributed by atoms with van der Waals surface area (Å²) in [6, 6.07) is 1.99. The number of nitrogens with one attached hydrogen (secondary N) is 1. The number of nitro groups is 1. The van der Waals surface area contributed by atoms with Gasteiger partial charge in [-0.05, 0) is 18.6 Å². The second-order valence-electron chi connectivity index (χ2n) is 4.52. The lowest BCUT2D eigenvalue weighted by Gasteiger charge is -2.15. The van der Waals surface area contributed by atoms with Crippen LogP contribution in [0, 0.1) is 10.1 Å². The first-order valence-electron chi connectivity index (χ1n) is 6.43. The molecule has 1 unspecified atom stereocenters. The number of carboxylic acids is 1. The van der Waals surface area contributed by atoms with Gasteiger partial charge in [-0.25, -0.2) is 4.79 Å². The van der Waals surface area contributed by atoms with Gasteiger partial charge >= 0.3 is 11.7 Å². The van der Waals surface area contributed by atoms with Crippen molar-refractivity contribution < 1.29 is 19.3 Å². The lowest BCUT2D eigenvalue weighted by Crippen LogP contribution is -2.29. The van der Waals surface area contributed by atoms with Crippen LogP contribution in [0.1, 0.15) is 26.2 Å². The highest BCUT2D eigenvalue weighted by molar-refractivity contribution is 5.90. The van der Waals surface area contributed by atoms with E-state index in [2.05, 4.69) is 15.7 Å². The summed E-state index contributed by atoms with van der Waals surface area (Å²) in [5, 5.41) is 30.0. The molecule has 0 aliphatic heterocycles. The molecule has 0 radical (unpaired) electrons. The Morgan fingerprint density at radius 3 is 2.95 bits per heavy atom. The van der Waals surface area contributed by atoms with Crippen LogP contribution in [0.25, 0.3) is 11.1 Å². The van der Waals surface area contributed by atoms with Gasteiger partial charge in [0.2, 0.25) is 0 Å². The molecular weight excluding hydrogens is 280 g/mol. The largest absolute Gasteiger partial charge is 0.480 e. The van der Waals surface area contributed by atoms with Crippen LogP contribution in [-0.4, -0.2) is 32.4 Å². The summed E-state index contributed by atoms with van der Waals surface area (Å²) in [4.78, 5) is 21.8. The molecule has 0 spiro atoms. The molecule has 9 heteroatoms. The van der Waals surface area contributed by atoms with Crippen molar-refractivity contribution in [3.63, 3.8) is 0 Å². The van der Waals surface area contributed by atoms with E-state index in [1.165, 1.54) is 12.1 Å². The SMILES string of the molecule is CCCCC(Nc1ccc2nnoc2c1[N+](=O)[O-])C(=O)O. The highest BCUT2D eigenvalue weighted by Gasteiger charge is 2.26. The number of fused-ring (bicyclic) bond motifs is 1. The third kappa shape index (κ3) is 3.07. The Kier molecular flexibility index (Phi) is 4.31. The van der Waals surface area contributed by atoms with Gasteiger partial charge in [-0.1, -0.05) is 19.8 Å². The smallest absolute Gasteiger partial charge is 0.339 e. The summed E-state index contributed by atoms with van der Waals surface area (Å²) < 4.78 is 4.78. The zero-order valence-electron chi connectivity index (χ0n) is 11.3. The fourth-order valence-electron chi connectivity index (χ4n) is 1.99. The van der Waals surface area contributed by atoms with E-state index in [1.54, 1.807) is 0 Å². The number of anilines is 1. The van der Waals surface area contributed by atoms with Gasteiger partial charge in [0.1, 0.15) is 17.2 Å². The molecule has 0 aliphatic carbocycles. The lowest BCUT2D eigenvalue weighted by molar-refractivity contribution is -0.382. The molecule has 1 aromatic carbocycles. The molecule has 2 rings (SSSR count). The molecule has 112 valence electrons. The van der Waals surface area contributed by atoms with E-state index in [0.717, 1.165) is 6.42 Å². The monoisotopic (exact) mass is 294 g/mol. The van der Waals surface area contributed by atoms with E-state index in [0.29, 0.717) is 12.8 Å². The van der Waals surface area contributed by atoms with Gasteiger partial charge in [-0.2, -0.15) is 0 Å². The highest BCUT2D eigenvalue weighted by Crippen LogP contribution is 2.33. The van der Waals surface area contributed by atoms with Crippen LogP contribution in [0.15, 0.2) is 16.7 Å². The van der Waals surface area contributed by atoms with E-state index in [-0.39, 0.29) is 22.5 Å². The molecule has 0 amide bonds. The molecule has 0 fully saturated rings. The van der Waals surface area contributed by atoms with E-state index < -0.39 is 16.9 Å². The Morgan fingerprint density at radius 1 is 1.57 bits per heavy atom. The fraction of sp³-hybridized carbons (Fsp3) is 0.417. The molecule has 0 aliphatic rings. The number of unbranched alkanes of at least 4 members (excludes halogenated alkanes) is 1. The first-order valence-corrected chi connectivity index (χ1v) is 6.43. The van der Waals surface area contributed by atoms with Gasteiger partial charge in [0.25, 0.3) is 5.58 Å². The molecule has 1 aromatic heterocycles. The van der Waals surface area contributed by atoms with Crippen LogP contribution >= 0.6 is 0 Å². The van der Waals surface area contributed by atoms with Crippen LogP contribution in [0.2, 0.25) is 0 Å². The number of hydrogen-bond donors (Lipinski definition) is 2. The normalized spacial score (nSPS) is 12.2. The number of rotatable bonds is 7. The number of aliphatic carboxylic acids is 1. The minimum Gasteiger partial charge on any atom is -0.480 e. The van der Waals surface area contributed by atoms with E-state index >= 15 is 0 Å². The van der Waals surface area contributed by atoms with Crippen LogP contribution in [0.4, 0.5) is 11.4 Å². The molecule has 1 heterocycles. The van der Waals surface area contributed by atoms with Gasteiger partial charge in [0.15, 0.2) is 0 Å². The zero-order valence-corrected chi connectivity index (χ0v) is 11.3. The minimum atomic E-state index is -1.06. The van der Waals surface area contributed by atoms with Crippen LogP contribution in [0.5, 0.6) is 0 Å². The maximum Gasteiger partial charge on any atom is 0.339 e. The number of benzene rings is 1. The van der Waals surface area contributed by atoms with Crippen LogP contribution < -0.4 is 5.32 Å². The third-order valence-electron chi connectivity index (χ3n) is 3.05. The summed E-state index contributed by atoms with van der Waals surface area (Å²) in [5.41, 5.74) is -0.118. The second kappa shape index (κ2) is 6.16. The van der Waals surface area contributed by atoms with Crippen molar-refractivity contribution in [1.29, 1.82) is 0 Å². The number of nitrogens with zero attached hydrogens (tertiary/aromatic N) is 3. The van der Waals surface area contributed by atoms with Gasteiger partial charge in [-0.3, -0.25) is 10.1 Å². The van der Waals surface area contributed by atoms with Crippen molar-refractivity contribution in [3.05, 3.63) is 22.2 Å². The van der Waals surface area contributed by atoms with Gasteiger partial charge in [0, 0.05) is 5.27 Å². The second-order valence-corrected chi connectivity index (χ2v) is 4.52. The molecule has 0 saturated heterocycles. The Balaban J connectivity index is 2.38. The first kappa shape index (κ1) is 14.7. The maximum absolute atomic E-state index is 11.2. The van der Waals surface area contributed by atoms with Crippen molar-refractivity contribution in [2.75, 3.05) is 5.32 Å². The summed E-state index contributed by atoms with van der Waals surface area (Å²) in [6.07, 6.45) is 1.90. The van der Waals surface area contributed by atoms with Gasteiger partial charge in [0.05, 0.1) is 4.92 Å². The fourth-order valence-corrected chi connectivity index (χ4v) is 1.99. The molecule has 9 nitrogen and oxygen atoms in total. The lowest BCUT2D eigenvalue weighted by atomic mass is 10.1. The molecular formula is C12H14N4O5. The maximum atomic E-state index is 11.2. The average molecular weight is 294 g/mol. The number of nitro benzene ring substituents is 1. The van der Waals surface area contributed by atoms with Crippen molar-refractivity contribution in [2.45, 2.75) is 32.2 Å². The minimum absolute atomic E-state index is 0.0783. The summed E-state index contributed by atoms with van der Waals surface area (Å²) in [7, 11) is 0. The standard InChI is InChI=1S/C12H14N4O5/c1-2-3-4-9(12(17)18)13-7-5-6-8-11(21-15-14-8)10(7)16(19)20/h5-6,9,13H,2-4H2,1H3,(H,17,18). The summed E-state index contributed by atoms with van der Waals surface area (Å²) in [5.74, 6) is -1.06. The third-order valence-corrected chi connectivity index (χ3v) is 3.05. The number of hydrogen-bond acceptors (Lipinski definition) is 7. The predicted octanol–water partition coefficient (Wildman–Crippen LogP) is 2.19. The zero-order chi connectivity index (χ0) is 15.4. The van der Waals surface area contributed by atoms with Crippen molar-refractivity contribution in [2.24, 2.45) is 0 Å². The van der Waals surface area contributed by atoms with Crippen LogP contribution in [0.3, 0.4) is 0 Å². The molecule has 21 heavy (non-hydrogen) atoms. The van der Waals surface area contributed by atoms with Crippen molar-refractivity contribution >= 4 is 28.4 Å². The van der Waals surface area contributed by atoms with E-state index in [4.69, 9.17) is 4.52 Å². The molecule has 2 N–H and O–H groups in total. The molecule has 0 bridgehead atoms. The average Bonchev–Trinajstić information content (AvgIpc) is 2.90. The number of carbonyl (C=O) groups is 1. The molecule has 2 aromatic rings. The Labute approximate surface area is 119 Å². The van der Waals surface area contributed by atoms with E-state index in [1.807, 2.05) is 6.92 Å². The first-order chi connectivity index (χ1) is 10.0. The summed E-state index contributed by atoms with van der Waals surface area (Å²) in [6.45, 7) is 1.94. The highest BCUT2D eigenvalue weighted by atomic mass is 16.6. The summed E-state index contributed by atoms with van der Waals surface area (Å²) >= 11 is 0. The quantitative estimate of drug-likeness (QED) is 0.586. The van der Waals surface area contributed by atoms with Gasteiger partial charge in [-0.15, -0.1) is 5.10 Å². The topological polar surface area (TPSA) is 131 Å².